The zero-order valence-corrected chi connectivity index (χ0v) is 12.3. The molecule has 19 heavy (non-hydrogen) atoms. The molecule has 1 aromatic rings. The molecule has 2 heteroatoms. The van der Waals surface area contributed by atoms with Crippen LogP contribution in [0.1, 0.15) is 51.5 Å². The van der Waals surface area contributed by atoms with Gasteiger partial charge < -0.3 is 9.47 Å². The molecule has 1 aromatic carbocycles. The Kier molecular flexibility index (Phi) is 5.26. The van der Waals surface area contributed by atoms with Gasteiger partial charge in [-0.2, -0.15) is 0 Å². The molecule has 2 rings (SSSR count). The lowest BCUT2D eigenvalue weighted by atomic mass is 10.0. The minimum absolute atomic E-state index is 0.0335. The standard InChI is InChI=1S/C17H26O2/c1-3-4-5-6-7-10-15-11-8-9-12-16(15)18-13-17(2)14-19-17/h8-9,11-12H,3-7,10,13-14H2,1-2H3. The van der Waals surface area contributed by atoms with E-state index >= 15 is 0 Å². The molecule has 0 bridgehead atoms. The van der Waals surface area contributed by atoms with Crippen LogP contribution >= 0.6 is 0 Å². The molecule has 1 aliphatic heterocycles. The van der Waals surface area contributed by atoms with Crippen LogP contribution in [0.2, 0.25) is 0 Å². The van der Waals surface area contributed by atoms with Gasteiger partial charge in [-0.3, -0.25) is 0 Å². The van der Waals surface area contributed by atoms with E-state index in [0.717, 1.165) is 18.8 Å². The van der Waals surface area contributed by atoms with Gasteiger partial charge in [-0.1, -0.05) is 50.8 Å². The number of benzene rings is 1. The quantitative estimate of drug-likeness (QED) is 0.487. The summed E-state index contributed by atoms with van der Waals surface area (Å²) in [4.78, 5) is 0. The largest absolute Gasteiger partial charge is 0.490 e. The van der Waals surface area contributed by atoms with Crippen molar-refractivity contribution in [3.05, 3.63) is 29.8 Å². The van der Waals surface area contributed by atoms with Gasteiger partial charge in [0.25, 0.3) is 0 Å². The van der Waals surface area contributed by atoms with Gasteiger partial charge in [-0.25, -0.2) is 0 Å². The fourth-order valence-electron chi connectivity index (χ4n) is 2.21. The van der Waals surface area contributed by atoms with E-state index in [1.807, 2.05) is 6.07 Å². The minimum atomic E-state index is -0.0335. The first-order valence-corrected chi connectivity index (χ1v) is 7.58. The van der Waals surface area contributed by atoms with E-state index in [1.165, 1.54) is 37.7 Å². The van der Waals surface area contributed by atoms with Crippen LogP contribution in [0.15, 0.2) is 24.3 Å². The van der Waals surface area contributed by atoms with Gasteiger partial charge in [0, 0.05) is 0 Å². The number of rotatable bonds is 9. The number of hydrogen-bond donors (Lipinski definition) is 0. The summed E-state index contributed by atoms with van der Waals surface area (Å²) in [6.45, 7) is 5.84. The molecule has 0 radical (unpaired) electrons. The molecular formula is C17H26O2. The molecule has 0 N–H and O–H groups in total. The molecule has 0 aromatic heterocycles. The Morgan fingerprint density at radius 2 is 1.89 bits per heavy atom. The highest BCUT2D eigenvalue weighted by atomic mass is 16.6. The Balaban J connectivity index is 1.78. The summed E-state index contributed by atoms with van der Waals surface area (Å²) in [6, 6.07) is 8.41. The number of hydrogen-bond acceptors (Lipinski definition) is 2. The Morgan fingerprint density at radius 3 is 2.63 bits per heavy atom. The van der Waals surface area contributed by atoms with Crippen molar-refractivity contribution >= 4 is 0 Å². The van der Waals surface area contributed by atoms with Crippen molar-refractivity contribution in [1.82, 2.24) is 0 Å². The highest BCUT2D eigenvalue weighted by Gasteiger charge is 2.40. The third kappa shape index (κ3) is 4.87. The fraction of sp³-hybridized carbons (Fsp3) is 0.647. The lowest BCUT2D eigenvalue weighted by molar-refractivity contribution is 0.201. The summed E-state index contributed by atoms with van der Waals surface area (Å²) in [5.41, 5.74) is 1.30. The van der Waals surface area contributed by atoms with Crippen molar-refractivity contribution in [2.75, 3.05) is 13.2 Å². The van der Waals surface area contributed by atoms with Crippen LogP contribution < -0.4 is 4.74 Å². The van der Waals surface area contributed by atoms with Crippen molar-refractivity contribution in [2.45, 2.75) is 58.0 Å². The topological polar surface area (TPSA) is 21.8 Å². The minimum Gasteiger partial charge on any atom is -0.490 e. The summed E-state index contributed by atoms with van der Waals surface area (Å²) in [7, 11) is 0. The number of para-hydroxylation sites is 1. The van der Waals surface area contributed by atoms with Gasteiger partial charge in [-0.05, 0) is 31.4 Å². The lowest BCUT2D eigenvalue weighted by Gasteiger charge is -2.13. The first-order valence-electron chi connectivity index (χ1n) is 7.58. The highest BCUT2D eigenvalue weighted by molar-refractivity contribution is 5.33. The third-order valence-corrected chi connectivity index (χ3v) is 3.69. The number of aryl methyl sites for hydroxylation is 1. The maximum Gasteiger partial charge on any atom is 0.123 e. The molecule has 1 fully saturated rings. The normalized spacial score (nSPS) is 21.4. The average molecular weight is 262 g/mol. The lowest BCUT2D eigenvalue weighted by Crippen LogP contribution is -2.17. The molecule has 2 nitrogen and oxygen atoms in total. The van der Waals surface area contributed by atoms with Crippen molar-refractivity contribution in [3.8, 4) is 5.75 Å². The van der Waals surface area contributed by atoms with E-state index < -0.39 is 0 Å². The monoisotopic (exact) mass is 262 g/mol. The van der Waals surface area contributed by atoms with Gasteiger partial charge in [-0.15, -0.1) is 0 Å². The van der Waals surface area contributed by atoms with E-state index in [1.54, 1.807) is 0 Å². The van der Waals surface area contributed by atoms with Crippen LogP contribution in [0.5, 0.6) is 5.75 Å². The van der Waals surface area contributed by atoms with Gasteiger partial charge in [0.05, 0.1) is 6.61 Å². The second kappa shape index (κ2) is 6.95. The number of epoxide rings is 1. The first kappa shape index (κ1) is 14.4. The Hall–Kier alpha value is -1.02. The van der Waals surface area contributed by atoms with Gasteiger partial charge >= 0.3 is 0 Å². The van der Waals surface area contributed by atoms with Gasteiger partial charge in [0.15, 0.2) is 0 Å². The zero-order valence-electron chi connectivity index (χ0n) is 12.3. The SMILES string of the molecule is CCCCCCCc1ccccc1OCC1(C)CO1. The van der Waals surface area contributed by atoms with Crippen LogP contribution in [-0.2, 0) is 11.2 Å². The summed E-state index contributed by atoms with van der Waals surface area (Å²) in [5.74, 6) is 1.04. The van der Waals surface area contributed by atoms with Crippen molar-refractivity contribution in [2.24, 2.45) is 0 Å². The Morgan fingerprint density at radius 1 is 1.16 bits per heavy atom. The van der Waals surface area contributed by atoms with Crippen LogP contribution in [0.3, 0.4) is 0 Å². The molecule has 1 unspecified atom stereocenters. The van der Waals surface area contributed by atoms with E-state index in [9.17, 15) is 0 Å². The predicted octanol–water partition coefficient (Wildman–Crippen LogP) is 4.37. The summed E-state index contributed by atoms with van der Waals surface area (Å²) < 4.78 is 11.3. The maximum absolute atomic E-state index is 5.92. The van der Waals surface area contributed by atoms with Gasteiger partial charge in [0.2, 0.25) is 0 Å². The smallest absolute Gasteiger partial charge is 0.123 e. The maximum atomic E-state index is 5.92. The van der Waals surface area contributed by atoms with Crippen LogP contribution in [0.4, 0.5) is 0 Å². The zero-order chi connectivity index (χ0) is 13.6. The van der Waals surface area contributed by atoms with Gasteiger partial charge in [0.1, 0.15) is 18.0 Å². The van der Waals surface area contributed by atoms with Crippen molar-refractivity contribution in [1.29, 1.82) is 0 Å². The molecule has 106 valence electrons. The molecule has 0 saturated carbocycles. The van der Waals surface area contributed by atoms with E-state index in [-0.39, 0.29) is 5.60 Å². The second-order valence-electron chi connectivity index (χ2n) is 5.80. The molecule has 1 aliphatic rings. The summed E-state index contributed by atoms with van der Waals surface area (Å²) in [6.07, 6.45) is 7.71. The number of unbranched alkanes of at least 4 members (excludes halogenated alkanes) is 4. The van der Waals surface area contributed by atoms with Crippen molar-refractivity contribution < 1.29 is 9.47 Å². The first-order chi connectivity index (χ1) is 9.23. The second-order valence-corrected chi connectivity index (χ2v) is 5.80. The van der Waals surface area contributed by atoms with Crippen LogP contribution in [-0.4, -0.2) is 18.8 Å². The Bertz CT molecular complexity index is 383. The molecule has 0 aliphatic carbocycles. The average Bonchev–Trinajstić information content (AvgIpc) is 3.16. The molecular weight excluding hydrogens is 236 g/mol. The van der Waals surface area contributed by atoms with E-state index in [2.05, 4.69) is 32.0 Å². The number of ether oxygens (including phenoxy) is 2. The summed E-state index contributed by atoms with van der Waals surface area (Å²) >= 11 is 0. The highest BCUT2D eigenvalue weighted by Crippen LogP contribution is 2.28. The van der Waals surface area contributed by atoms with Crippen molar-refractivity contribution in [3.63, 3.8) is 0 Å². The molecule has 0 amide bonds. The van der Waals surface area contributed by atoms with E-state index in [4.69, 9.17) is 9.47 Å². The molecule has 1 atom stereocenters. The summed E-state index contributed by atoms with van der Waals surface area (Å²) in [5, 5.41) is 0. The Labute approximate surface area is 117 Å². The van der Waals surface area contributed by atoms with Crippen LogP contribution in [0, 0.1) is 0 Å². The fourth-order valence-corrected chi connectivity index (χ4v) is 2.21. The molecule has 0 spiro atoms. The molecule has 1 saturated heterocycles. The third-order valence-electron chi connectivity index (χ3n) is 3.69. The predicted molar refractivity (Wildman–Crippen MR) is 78.8 cm³/mol. The van der Waals surface area contributed by atoms with Crippen LogP contribution in [0.25, 0.3) is 0 Å². The molecule has 1 heterocycles. The van der Waals surface area contributed by atoms with E-state index in [0.29, 0.717) is 6.61 Å².